The Morgan fingerprint density at radius 1 is 1.61 bits per heavy atom. The maximum absolute atomic E-state index is 13.2. The van der Waals surface area contributed by atoms with E-state index in [4.69, 9.17) is 4.74 Å². The molecule has 0 aromatic carbocycles. The van der Waals surface area contributed by atoms with E-state index in [9.17, 15) is 13.6 Å². The number of allylic oxidation sites excluding steroid dienone is 2. The number of ether oxygens (including phenoxy) is 1. The SMILES string of the molecule is CC(S)NC(=O)COC1CC/C=C\C(F)(F)CC1. The Morgan fingerprint density at radius 3 is 3.00 bits per heavy atom. The van der Waals surface area contributed by atoms with Crippen molar-refractivity contribution in [2.45, 2.75) is 50.0 Å². The molecule has 1 aliphatic carbocycles. The molecule has 3 nitrogen and oxygen atoms in total. The zero-order valence-electron chi connectivity index (χ0n) is 10.4. The van der Waals surface area contributed by atoms with Gasteiger partial charge in [-0.05, 0) is 32.3 Å². The molecule has 1 rings (SSSR count). The highest BCUT2D eigenvalue weighted by Gasteiger charge is 2.28. The van der Waals surface area contributed by atoms with Crippen molar-refractivity contribution in [3.05, 3.63) is 12.2 Å². The molecule has 0 aromatic heterocycles. The minimum absolute atomic E-state index is 0.106. The number of thiol groups is 1. The fourth-order valence-corrected chi connectivity index (χ4v) is 1.90. The van der Waals surface area contributed by atoms with Crippen LogP contribution in [-0.4, -0.2) is 29.9 Å². The second kappa shape index (κ2) is 7.09. The molecular weight excluding hydrogens is 260 g/mol. The van der Waals surface area contributed by atoms with Gasteiger partial charge < -0.3 is 10.1 Å². The minimum atomic E-state index is -2.76. The summed E-state index contributed by atoms with van der Waals surface area (Å²) in [6, 6.07) is 0. The number of rotatable bonds is 4. The summed E-state index contributed by atoms with van der Waals surface area (Å²) < 4.78 is 31.7. The van der Waals surface area contributed by atoms with Crippen molar-refractivity contribution < 1.29 is 18.3 Å². The number of alkyl halides is 2. The highest BCUT2D eigenvalue weighted by molar-refractivity contribution is 7.80. The molecule has 0 bridgehead atoms. The van der Waals surface area contributed by atoms with E-state index in [1.807, 2.05) is 0 Å². The van der Waals surface area contributed by atoms with Gasteiger partial charge in [0.05, 0.1) is 11.5 Å². The molecule has 1 N–H and O–H groups in total. The van der Waals surface area contributed by atoms with Gasteiger partial charge in [-0.1, -0.05) is 6.08 Å². The fraction of sp³-hybridized carbons (Fsp3) is 0.750. The van der Waals surface area contributed by atoms with Gasteiger partial charge in [0.1, 0.15) is 6.61 Å². The summed E-state index contributed by atoms with van der Waals surface area (Å²) in [5.74, 6) is -3.04. The molecule has 1 amide bonds. The van der Waals surface area contributed by atoms with Crippen molar-refractivity contribution in [2.24, 2.45) is 0 Å². The van der Waals surface area contributed by atoms with E-state index >= 15 is 0 Å². The summed E-state index contributed by atoms with van der Waals surface area (Å²) in [5, 5.41) is 2.32. The second-order valence-corrected chi connectivity index (χ2v) is 5.23. The van der Waals surface area contributed by atoms with Crippen LogP contribution < -0.4 is 5.32 Å². The number of hydrogen-bond acceptors (Lipinski definition) is 3. The number of halogens is 2. The molecule has 104 valence electrons. The summed E-state index contributed by atoms with van der Waals surface area (Å²) >= 11 is 4.02. The van der Waals surface area contributed by atoms with Crippen LogP contribution in [0.5, 0.6) is 0 Å². The predicted molar refractivity (Wildman–Crippen MR) is 68.9 cm³/mol. The summed E-state index contributed by atoms with van der Waals surface area (Å²) in [4.78, 5) is 11.3. The Bertz CT molecular complexity index is 308. The van der Waals surface area contributed by atoms with E-state index < -0.39 is 5.92 Å². The molecule has 2 unspecified atom stereocenters. The van der Waals surface area contributed by atoms with E-state index in [0.29, 0.717) is 12.8 Å². The standard InChI is InChI=1S/C12H19F2NO2S/c1-9(18)15-11(16)8-17-10-4-2-3-6-12(13,14)7-5-10/h3,6,9-10,18H,2,4-5,7-8H2,1H3,(H,15,16)/b6-3-. The van der Waals surface area contributed by atoms with Crippen LogP contribution in [0.4, 0.5) is 8.78 Å². The van der Waals surface area contributed by atoms with Crippen molar-refractivity contribution in [1.82, 2.24) is 5.32 Å². The van der Waals surface area contributed by atoms with E-state index in [1.54, 1.807) is 6.92 Å². The number of carbonyl (C=O) groups is 1. The predicted octanol–water partition coefficient (Wildman–Crippen LogP) is 2.53. The Morgan fingerprint density at radius 2 is 2.33 bits per heavy atom. The monoisotopic (exact) mass is 279 g/mol. The molecule has 0 aromatic rings. The van der Waals surface area contributed by atoms with Crippen LogP contribution in [0, 0.1) is 0 Å². The second-order valence-electron chi connectivity index (χ2n) is 4.46. The lowest BCUT2D eigenvalue weighted by Gasteiger charge is -2.22. The number of carbonyl (C=O) groups excluding carboxylic acids is 1. The number of nitrogens with one attached hydrogen (secondary N) is 1. The van der Waals surface area contributed by atoms with Crippen molar-refractivity contribution >= 4 is 18.5 Å². The van der Waals surface area contributed by atoms with Crippen molar-refractivity contribution in [3.63, 3.8) is 0 Å². The van der Waals surface area contributed by atoms with Crippen LogP contribution in [-0.2, 0) is 9.53 Å². The lowest BCUT2D eigenvalue weighted by atomic mass is 10.0. The summed E-state index contributed by atoms with van der Waals surface area (Å²) in [6.45, 7) is 1.62. The van der Waals surface area contributed by atoms with Gasteiger partial charge in [-0.2, -0.15) is 12.6 Å². The molecule has 0 fully saturated rings. The average Bonchev–Trinajstić information content (AvgIpc) is 2.23. The van der Waals surface area contributed by atoms with E-state index in [-0.39, 0.29) is 36.8 Å². The first-order chi connectivity index (χ1) is 8.39. The summed E-state index contributed by atoms with van der Waals surface area (Å²) in [6.07, 6.45) is 3.38. The zero-order chi connectivity index (χ0) is 13.6. The zero-order valence-corrected chi connectivity index (χ0v) is 11.3. The molecule has 1 aliphatic rings. The van der Waals surface area contributed by atoms with Crippen molar-refractivity contribution in [1.29, 1.82) is 0 Å². The van der Waals surface area contributed by atoms with E-state index in [1.165, 1.54) is 6.08 Å². The molecule has 0 heterocycles. The van der Waals surface area contributed by atoms with Crippen LogP contribution in [0.3, 0.4) is 0 Å². The Kier molecular flexibility index (Phi) is 6.08. The molecule has 2 atom stereocenters. The number of hydrogen-bond donors (Lipinski definition) is 2. The third-order valence-electron chi connectivity index (χ3n) is 2.64. The Labute approximate surface area is 111 Å². The van der Waals surface area contributed by atoms with Crippen LogP contribution in [0.2, 0.25) is 0 Å². The Balaban J connectivity index is 2.34. The largest absolute Gasteiger partial charge is 0.368 e. The Hall–Kier alpha value is -0.620. The van der Waals surface area contributed by atoms with Gasteiger partial charge in [-0.3, -0.25) is 4.79 Å². The van der Waals surface area contributed by atoms with Crippen LogP contribution >= 0.6 is 12.6 Å². The van der Waals surface area contributed by atoms with Crippen LogP contribution in [0.15, 0.2) is 12.2 Å². The fourth-order valence-electron chi connectivity index (χ4n) is 1.75. The molecule has 6 heteroatoms. The van der Waals surface area contributed by atoms with Gasteiger partial charge in [0, 0.05) is 6.42 Å². The molecule has 0 saturated heterocycles. The first kappa shape index (κ1) is 15.4. The quantitative estimate of drug-likeness (QED) is 0.471. The van der Waals surface area contributed by atoms with E-state index in [2.05, 4.69) is 17.9 Å². The van der Waals surface area contributed by atoms with Crippen LogP contribution in [0.1, 0.15) is 32.6 Å². The molecule has 0 aliphatic heterocycles. The van der Waals surface area contributed by atoms with Gasteiger partial charge in [-0.15, -0.1) is 0 Å². The highest BCUT2D eigenvalue weighted by atomic mass is 32.1. The lowest BCUT2D eigenvalue weighted by molar-refractivity contribution is -0.128. The lowest BCUT2D eigenvalue weighted by Crippen LogP contribution is -2.34. The van der Waals surface area contributed by atoms with Crippen LogP contribution in [0.25, 0.3) is 0 Å². The first-order valence-electron chi connectivity index (χ1n) is 6.03. The average molecular weight is 279 g/mol. The maximum Gasteiger partial charge on any atom is 0.266 e. The van der Waals surface area contributed by atoms with Crippen molar-refractivity contribution in [3.8, 4) is 0 Å². The molecule has 0 spiro atoms. The van der Waals surface area contributed by atoms with Gasteiger partial charge in [0.25, 0.3) is 5.92 Å². The van der Waals surface area contributed by atoms with Gasteiger partial charge in [0.15, 0.2) is 0 Å². The van der Waals surface area contributed by atoms with Gasteiger partial charge in [0.2, 0.25) is 5.91 Å². The highest BCUT2D eigenvalue weighted by Crippen LogP contribution is 2.27. The normalized spacial score (nSPS) is 26.8. The third-order valence-corrected chi connectivity index (χ3v) is 2.77. The smallest absolute Gasteiger partial charge is 0.266 e. The third kappa shape index (κ3) is 6.35. The molecular formula is C12H19F2NO2S. The maximum atomic E-state index is 13.2. The van der Waals surface area contributed by atoms with E-state index in [0.717, 1.165) is 6.08 Å². The molecule has 18 heavy (non-hydrogen) atoms. The van der Waals surface area contributed by atoms with Gasteiger partial charge in [-0.25, -0.2) is 8.78 Å². The van der Waals surface area contributed by atoms with Gasteiger partial charge >= 0.3 is 0 Å². The minimum Gasteiger partial charge on any atom is -0.368 e. The summed E-state index contributed by atoms with van der Waals surface area (Å²) in [7, 11) is 0. The molecule has 0 saturated carbocycles. The number of amides is 1. The topological polar surface area (TPSA) is 38.3 Å². The molecule has 0 radical (unpaired) electrons. The summed E-state index contributed by atoms with van der Waals surface area (Å²) in [5.41, 5.74) is 0. The first-order valence-corrected chi connectivity index (χ1v) is 6.55. The van der Waals surface area contributed by atoms with Crippen molar-refractivity contribution in [2.75, 3.05) is 6.61 Å².